The summed E-state index contributed by atoms with van der Waals surface area (Å²) in [6.07, 6.45) is -5.88. The summed E-state index contributed by atoms with van der Waals surface area (Å²) in [5.41, 5.74) is -14.2. The van der Waals surface area contributed by atoms with Crippen molar-refractivity contribution >= 4 is 43.8 Å². The first kappa shape index (κ1) is 33.4. The van der Waals surface area contributed by atoms with Gasteiger partial charge < -0.3 is 25.5 Å². The van der Waals surface area contributed by atoms with E-state index in [9.17, 15) is 49.5 Å². The van der Waals surface area contributed by atoms with Crippen molar-refractivity contribution in [2.75, 3.05) is 0 Å². The largest absolute Gasteiger partial charge is 0.386 e. The normalized spacial score (nSPS) is 16.6. The third-order valence-corrected chi connectivity index (χ3v) is 8.10. The molecule has 0 aromatic heterocycles. The van der Waals surface area contributed by atoms with Crippen LogP contribution in [0.15, 0.2) is 121 Å². The van der Waals surface area contributed by atoms with Gasteiger partial charge in [-0.2, -0.15) is 0 Å². The smallest absolute Gasteiger partial charge is 0.241 e. The van der Waals surface area contributed by atoms with Crippen molar-refractivity contribution in [2.24, 2.45) is 0 Å². The molecule has 0 radical (unpaired) electrons. The van der Waals surface area contributed by atoms with Crippen LogP contribution in [0, 0.1) is 0 Å². The van der Waals surface area contributed by atoms with Gasteiger partial charge >= 0.3 is 0 Å². The van der Waals surface area contributed by atoms with Gasteiger partial charge in [0.1, 0.15) is 12.2 Å². The van der Waals surface area contributed by atoms with E-state index >= 15 is 0 Å². The maximum atomic E-state index is 14.4. The Morgan fingerprint density at radius 1 is 0.511 bits per heavy atom. The highest BCUT2D eigenvalue weighted by atomic mass is 79.9. The highest BCUT2D eigenvalue weighted by Gasteiger charge is 2.77. The highest BCUT2D eigenvalue weighted by Crippen LogP contribution is 2.45. The zero-order valence-electron chi connectivity index (χ0n) is 23.4. The quantitative estimate of drug-likeness (QED) is 0.0801. The molecule has 4 aromatic rings. The average Bonchev–Trinajstić information content (AvgIpc) is 3.09. The molecule has 5 atom stereocenters. The van der Waals surface area contributed by atoms with Crippen LogP contribution in [0.5, 0.6) is 0 Å². The van der Waals surface area contributed by atoms with Crippen LogP contribution in [0.4, 0.5) is 0 Å². The summed E-state index contributed by atoms with van der Waals surface area (Å²) in [5.74, 6) is -6.41. The van der Waals surface area contributed by atoms with Gasteiger partial charge in [0.05, 0.1) is 0 Å². The van der Waals surface area contributed by atoms with E-state index in [0.29, 0.717) is 0 Å². The molecule has 0 amide bonds. The van der Waals surface area contributed by atoms with Crippen molar-refractivity contribution in [3.63, 3.8) is 0 Å². The van der Waals surface area contributed by atoms with E-state index in [1.165, 1.54) is 78.9 Å². The molecule has 0 heterocycles. The number of aliphatic hydroxyl groups is 5. The molecular formula is C34H27BrO10. The molecule has 0 aliphatic heterocycles. The molecule has 0 aliphatic carbocycles. The number of carbonyl (C=O) groups is 5. The van der Waals surface area contributed by atoms with Crippen molar-refractivity contribution in [2.45, 2.75) is 29.0 Å². The lowest BCUT2D eigenvalue weighted by Gasteiger charge is -2.50. The number of hydrogen-bond acceptors (Lipinski definition) is 10. The number of ketones is 4. The number of benzene rings is 4. The zero-order valence-corrected chi connectivity index (χ0v) is 24.9. The molecule has 4 rings (SSSR count). The lowest BCUT2D eigenvalue weighted by atomic mass is 9.60. The Morgan fingerprint density at radius 3 is 1.22 bits per heavy atom. The summed E-state index contributed by atoms with van der Waals surface area (Å²) in [7, 11) is 0. The van der Waals surface area contributed by atoms with E-state index in [-0.39, 0.29) is 5.56 Å². The molecule has 4 aromatic carbocycles. The van der Waals surface area contributed by atoms with Gasteiger partial charge in [-0.3, -0.25) is 24.0 Å². The lowest BCUT2D eigenvalue weighted by molar-refractivity contribution is -0.216. The molecule has 0 saturated carbocycles. The van der Waals surface area contributed by atoms with Gasteiger partial charge in [-0.15, -0.1) is 0 Å². The standard InChI is InChI=1S/C34H27BrO10/c35-31(42)33(44,28(39)23-17-9-3-10-18-23)34(45,29(40)24-19-11-4-12-20-24)32(43,27(38)22-15-7-2-8-16-22)30(41)26(37)25(36)21-13-5-1-6-14-21/h1-20,26,30,37,41,43-45H/t26?,30-,32-,33-,34+/m1/s1. The predicted molar refractivity (Wildman–Crippen MR) is 164 cm³/mol. The van der Waals surface area contributed by atoms with E-state index in [4.69, 9.17) is 0 Å². The summed E-state index contributed by atoms with van der Waals surface area (Å²) >= 11 is 2.47. The second kappa shape index (κ2) is 13.2. The summed E-state index contributed by atoms with van der Waals surface area (Å²) in [6.45, 7) is 0. The van der Waals surface area contributed by atoms with Crippen molar-refractivity contribution in [1.29, 1.82) is 0 Å². The number of carbonyl (C=O) groups excluding carboxylic acids is 5. The molecule has 0 spiro atoms. The molecule has 45 heavy (non-hydrogen) atoms. The van der Waals surface area contributed by atoms with Gasteiger partial charge in [-0.1, -0.05) is 121 Å². The minimum absolute atomic E-state index is 0.205. The fourth-order valence-electron chi connectivity index (χ4n) is 5.07. The molecule has 0 bridgehead atoms. The van der Waals surface area contributed by atoms with Crippen molar-refractivity contribution < 1.29 is 49.5 Å². The zero-order chi connectivity index (χ0) is 33.0. The molecule has 11 heteroatoms. The van der Waals surface area contributed by atoms with Crippen LogP contribution >= 0.6 is 15.9 Å². The Morgan fingerprint density at radius 2 is 0.844 bits per heavy atom. The van der Waals surface area contributed by atoms with Crippen molar-refractivity contribution in [1.82, 2.24) is 0 Å². The van der Waals surface area contributed by atoms with Crippen LogP contribution in [-0.4, -0.2) is 82.4 Å². The molecular weight excluding hydrogens is 648 g/mol. The number of Topliss-reactive ketones (excluding diaryl/α,β-unsaturated/α-hetero) is 4. The van der Waals surface area contributed by atoms with Gasteiger partial charge in [-0.05, 0) is 15.9 Å². The molecule has 0 saturated heterocycles. The highest BCUT2D eigenvalue weighted by molar-refractivity contribution is 9.18. The Balaban J connectivity index is 2.10. The van der Waals surface area contributed by atoms with Crippen LogP contribution in [-0.2, 0) is 4.79 Å². The Bertz CT molecular complexity index is 1720. The monoisotopic (exact) mass is 674 g/mol. The van der Waals surface area contributed by atoms with Crippen LogP contribution in [0.2, 0.25) is 0 Å². The van der Waals surface area contributed by atoms with E-state index < -0.39 is 73.5 Å². The topological polar surface area (TPSA) is 186 Å². The van der Waals surface area contributed by atoms with Gasteiger partial charge in [0.25, 0.3) is 0 Å². The van der Waals surface area contributed by atoms with Crippen LogP contribution < -0.4 is 0 Å². The average molecular weight is 675 g/mol. The predicted octanol–water partition coefficient (Wildman–Crippen LogP) is 2.35. The number of halogens is 1. The molecule has 10 nitrogen and oxygen atoms in total. The molecule has 0 aliphatic rings. The number of rotatable bonds is 13. The maximum Gasteiger partial charge on any atom is 0.241 e. The third kappa shape index (κ3) is 5.61. The summed E-state index contributed by atoms with van der Waals surface area (Å²) in [6, 6.07) is 25.9. The Hall–Kier alpha value is -4.49. The van der Waals surface area contributed by atoms with E-state index in [0.717, 1.165) is 36.4 Å². The minimum atomic E-state index is -4.31. The van der Waals surface area contributed by atoms with Crippen LogP contribution in [0.3, 0.4) is 0 Å². The van der Waals surface area contributed by atoms with Gasteiger partial charge in [0, 0.05) is 22.3 Å². The first-order valence-electron chi connectivity index (χ1n) is 13.5. The van der Waals surface area contributed by atoms with Gasteiger partial charge in [0.15, 0.2) is 11.4 Å². The molecule has 0 fully saturated rings. The third-order valence-electron chi connectivity index (χ3n) is 7.53. The van der Waals surface area contributed by atoms with Gasteiger partial charge in [0.2, 0.25) is 33.2 Å². The summed E-state index contributed by atoms with van der Waals surface area (Å²) in [5, 5.41) is 59.8. The SMILES string of the molecule is O=C(c1ccccc1)C(O)[C@@H](O)[C@](O)(C(=O)c1ccccc1)[C@@](O)(C(=O)c1ccccc1)[C@](O)(C(=O)Br)C(=O)c1ccccc1. The van der Waals surface area contributed by atoms with Crippen LogP contribution in [0.1, 0.15) is 41.4 Å². The van der Waals surface area contributed by atoms with E-state index in [2.05, 4.69) is 15.9 Å². The summed E-state index contributed by atoms with van der Waals surface area (Å²) < 4.78 is -1.79. The number of hydrogen-bond donors (Lipinski definition) is 5. The first-order chi connectivity index (χ1) is 21.3. The second-order valence-corrected chi connectivity index (χ2v) is 10.9. The van der Waals surface area contributed by atoms with E-state index in [1.807, 2.05) is 0 Å². The summed E-state index contributed by atoms with van der Waals surface area (Å²) in [4.78, 5) is 69.3. The van der Waals surface area contributed by atoms with Crippen LogP contribution in [0.25, 0.3) is 0 Å². The fraction of sp³-hybridized carbons (Fsp3) is 0.147. The second-order valence-electron chi connectivity index (χ2n) is 10.2. The molecule has 230 valence electrons. The van der Waals surface area contributed by atoms with Crippen molar-refractivity contribution in [3.05, 3.63) is 144 Å². The van der Waals surface area contributed by atoms with Crippen molar-refractivity contribution in [3.8, 4) is 0 Å². The maximum absolute atomic E-state index is 14.4. The fourth-order valence-corrected chi connectivity index (χ4v) is 5.54. The molecule has 5 N–H and O–H groups in total. The number of aliphatic hydroxyl groups excluding tert-OH is 2. The first-order valence-corrected chi connectivity index (χ1v) is 14.2. The lowest BCUT2D eigenvalue weighted by Crippen LogP contribution is -2.82. The Labute approximate surface area is 265 Å². The minimum Gasteiger partial charge on any atom is -0.386 e. The Kier molecular flexibility index (Phi) is 9.83. The van der Waals surface area contributed by atoms with Gasteiger partial charge in [-0.25, -0.2) is 0 Å². The molecule has 1 unspecified atom stereocenters. The van der Waals surface area contributed by atoms with E-state index in [1.54, 1.807) is 6.07 Å².